The zero-order valence-corrected chi connectivity index (χ0v) is 16.3. The van der Waals surface area contributed by atoms with E-state index < -0.39 is 5.97 Å². The predicted molar refractivity (Wildman–Crippen MR) is 106 cm³/mol. The zero-order valence-electron chi connectivity index (χ0n) is 15.5. The van der Waals surface area contributed by atoms with Gasteiger partial charge in [-0.05, 0) is 42.7 Å². The van der Waals surface area contributed by atoms with E-state index in [-0.39, 0.29) is 4.88 Å². The van der Waals surface area contributed by atoms with Crippen LogP contribution in [0.2, 0.25) is 0 Å². The highest BCUT2D eigenvalue weighted by Crippen LogP contribution is 2.35. The van der Waals surface area contributed by atoms with Crippen LogP contribution in [0, 0.1) is 6.92 Å². The number of rotatable bonds is 7. The van der Waals surface area contributed by atoms with Crippen LogP contribution < -0.4 is 9.47 Å². The van der Waals surface area contributed by atoms with Crippen LogP contribution in [0.4, 0.5) is 0 Å². The van der Waals surface area contributed by atoms with Crippen LogP contribution in [0.25, 0.3) is 10.6 Å². The molecular weight excluding hydrogens is 362 g/mol. The maximum absolute atomic E-state index is 11.4. The minimum absolute atomic E-state index is 0.284. The van der Waals surface area contributed by atoms with Gasteiger partial charge in [0.15, 0.2) is 11.5 Å². The van der Waals surface area contributed by atoms with E-state index in [4.69, 9.17) is 9.47 Å². The van der Waals surface area contributed by atoms with Gasteiger partial charge in [-0.1, -0.05) is 31.2 Å². The number of aromatic nitrogens is 1. The van der Waals surface area contributed by atoms with Crippen molar-refractivity contribution in [3.63, 3.8) is 0 Å². The summed E-state index contributed by atoms with van der Waals surface area (Å²) < 4.78 is 11.4. The van der Waals surface area contributed by atoms with E-state index in [9.17, 15) is 9.90 Å². The Morgan fingerprint density at radius 2 is 1.96 bits per heavy atom. The van der Waals surface area contributed by atoms with E-state index in [0.29, 0.717) is 35.2 Å². The number of carboxylic acid groups (broad SMARTS) is 1. The Morgan fingerprint density at radius 3 is 2.59 bits per heavy atom. The van der Waals surface area contributed by atoms with Gasteiger partial charge in [-0.2, -0.15) is 0 Å². The lowest BCUT2D eigenvalue weighted by molar-refractivity contribution is 0.0701. The molecule has 1 N–H and O–H groups in total. The molecule has 1 heterocycles. The van der Waals surface area contributed by atoms with Gasteiger partial charge < -0.3 is 14.6 Å². The number of thiazole rings is 1. The Hall–Kier alpha value is -2.86. The molecule has 2 aromatic carbocycles. The van der Waals surface area contributed by atoms with Gasteiger partial charge in [-0.3, -0.25) is 0 Å². The summed E-state index contributed by atoms with van der Waals surface area (Å²) in [7, 11) is 1.59. The molecule has 0 fully saturated rings. The number of aromatic carboxylic acids is 1. The molecule has 6 heteroatoms. The normalized spacial score (nSPS) is 10.6. The standard InChI is InChI=1S/C21H21NO4S/c1-4-16-19(21(23)24)27-20(22-16)14-9-10-17(18(11-14)25-3)26-12-15-8-6-5-7-13(15)2/h5-11H,4,12H2,1-3H3,(H,23,24). The van der Waals surface area contributed by atoms with Crippen molar-refractivity contribution >= 4 is 17.3 Å². The van der Waals surface area contributed by atoms with E-state index in [1.165, 1.54) is 16.9 Å². The van der Waals surface area contributed by atoms with Crippen LogP contribution in [0.3, 0.4) is 0 Å². The molecule has 3 aromatic rings. The molecule has 1 aromatic heterocycles. The topological polar surface area (TPSA) is 68.7 Å². The van der Waals surface area contributed by atoms with E-state index in [1.54, 1.807) is 7.11 Å². The predicted octanol–water partition coefficient (Wildman–Crippen LogP) is 4.97. The summed E-state index contributed by atoms with van der Waals surface area (Å²) in [6.45, 7) is 4.39. The number of methoxy groups -OCH3 is 1. The van der Waals surface area contributed by atoms with Crippen molar-refractivity contribution in [2.24, 2.45) is 0 Å². The summed E-state index contributed by atoms with van der Waals surface area (Å²) >= 11 is 1.18. The molecule has 0 aliphatic heterocycles. The third-order valence-electron chi connectivity index (χ3n) is 4.28. The van der Waals surface area contributed by atoms with Gasteiger partial charge in [0.25, 0.3) is 0 Å². The van der Waals surface area contributed by atoms with Gasteiger partial charge >= 0.3 is 5.97 Å². The van der Waals surface area contributed by atoms with Gasteiger partial charge in [-0.15, -0.1) is 11.3 Å². The van der Waals surface area contributed by atoms with E-state index in [0.717, 1.165) is 11.1 Å². The number of carbonyl (C=O) groups is 1. The largest absolute Gasteiger partial charge is 0.493 e. The Labute approximate surface area is 162 Å². The lowest BCUT2D eigenvalue weighted by atomic mass is 10.1. The maximum Gasteiger partial charge on any atom is 0.347 e. The fourth-order valence-electron chi connectivity index (χ4n) is 2.73. The minimum Gasteiger partial charge on any atom is -0.493 e. The van der Waals surface area contributed by atoms with E-state index in [2.05, 4.69) is 4.98 Å². The Bertz CT molecular complexity index is 965. The summed E-state index contributed by atoms with van der Waals surface area (Å²) in [5.41, 5.74) is 3.69. The Balaban J connectivity index is 1.86. The molecule has 27 heavy (non-hydrogen) atoms. The second kappa shape index (κ2) is 8.22. The molecule has 5 nitrogen and oxygen atoms in total. The first kappa shape index (κ1) is 18.9. The summed E-state index contributed by atoms with van der Waals surface area (Å²) in [4.78, 5) is 16.1. The fraction of sp³-hybridized carbons (Fsp3) is 0.238. The monoisotopic (exact) mass is 383 g/mol. The molecule has 0 saturated heterocycles. The van der Waals surface area contributed by atoms with Crippen LogP contribution in [0.5, 0.6) is 11.5 Å². The third kappa shape index (κ3) is 4.11. The van der Waals surface area contributed by atoms with Gasteiger partial charge in [0.05, 0.1) is 12.8 Å². The van der Waals surface area contributed by atoms with Gasteiger partial charge in [-0.25, -0.2) is 9.78 Å². The van der Waals surface area contributed by atoms with Crippen molar-refractivity contribution in [2.75, 3.05) is 7.11 Å². The maximum atomic E-state index is 11.4. The number of benzene rings is 2. The molecule has 0 atom stereocenters. The van der Waals surface area contributed by atoms with Crippen molar-refractivity contribution in [3.05, 3.63) is 64.2 Å². The smallest absolute Gasteiger partial charge is 0.347 e. The fourth-order valence-corrected chi connectivity index (χ4v) is 3.72. The highest BCUT2D eigenvalue weighted by molar-refractivity contribution is 7.17. The highest BCUT2D eigenvalue weighted by Gasteiger charge is 2.18. The zero-order chi connectivity index (χ0) is 19.4. The SMILES string of the molecule is CCc1nc(-c2ccc(OCc3ccccc3C)c(OC)c2)sc1C(=O)O. The molecule has 0 aliphatic rings. The van der Waals surface area contributed by atoms with E-state index in [1.807, 2.05) is 56.3 Å². The number of nitrogens with zero attached hydrogens (tertiary/aromatic N) is 1. The van der Waals surface area contributed by atoms with Crippen LogP contribution >= 0.6 is 11.3 Å². The highest BCUT2D eigenvalue weighted by atomic mass is 32.1. The first-order valence-corrected chi connectivity index (χ1v) is 9.43. The molecule has 0 saturated carbocycles. The molecular formula is C21H21NO4S. The van der Waals surface area contributed by atoms with Crippen LogP contribution in [0.1, 0.15) is 33.4 Å². The van der Waals surface area contributed by atoms with Gasteiger partial charge in [0.1, 0.15) is 16.5 Å². The van der Waals surface area contributed by atoms with Gasteiger partial charge in [0.2, 0.25) is 0 Å². The molecule has 0 unspecified atom stereocenters. The summed E-state index contributed by atoms with van der Waals surface area (Å²) in [5, 5.41) is 9.99. The molecule has 0 amide bonds. The second-order valence-corrected chi connectivity index (χ2v) is 7.03. The number of carboxylic acids is 1. The first-order chi connectivity index (χ1) is 13.0. The number of hydrogen-bond donors (Lipinski definition) is 1. The molecule has 0 spiro atoms. The van der Waals surface area contributed by atoms with Crippen LogP contribution in [-0.4, -0.2) is 23.2 Å². The Kier molecular flexibility index (Phi) is 5.76. The van der Waals surface area contributed by atoms with Crippen molar-refractivity contribution in [1.29, 1.82) is 0 Å². The first-order valence-electron chi connectivity index (χ1n) is 8.62. The third-order valence-corrected chi connectivity index (χ3v) is 5.42. The summed E-state index contributed by atoms with van der Waals surface area (Å²) in [6, 6.07) is 13.6. The number of hydrogen-bond acceptors (Lipinski definition) is 5. The molecule has 3 rings (SSSR count). The molecule has 0 radical (unpaired) electrons. The second-order valence-electron chi connectivity index (χ2n) is 6.03. The number of aryl methyl sites for hydroxylation is 2. The minimum atomic E-state index is -0.944. The quantitative estimate of drug-likeness (QED) is 0.624. The van der Waals surface area contributed by atoms with Gasteiger partial charge in [0, 0.05) is 5.56 Å². The van der Waals surface area contributed by atoms with Crippen molar-refractivity contribution in [1.82, 2.24) is 4.98 Å². The lowest BCUT2D eigenvalue weighted by Gasteiger charge is -2.13. The van der Waals surface area contributed by atoms with Crippen LogP contribution in [-0.2, 0) is 13.0 Å². The average Bonchev–Trinajstić information content (AvgIpc) is 3.12. The molecule has 0 bridgehead atoms. The van der Waals surface area contributed by atoms with E-state index >= 15 is 0 Å². The van der Waals surface area contributed by atoms with Crippen molar-refractivity contribution < 1.29 is 19.4 Å². The Morgan fingerprint density at radius 1 is 1.19 bits per heavy atom. The summed E-state index contributed by atoms with van der Waals surface area (Å²) in [6.07, 6.45) is 0.576. The molecule has 140 valence electrons. The molecule has 0 aliphatic carbocycles. The van der Waals surface area contributed by atoms with Crippen molar-refractivity contribution in [2.45, 2.75) is 26.9 Å². The number of ether oxygens (including phenoxy) is 2. The van der Waals surface area contributed by atoms with Crippen LogP contribution in [0.15, 0.2) is 42.5 Å². The summed E-state index contributed by atoms with van der Waals surface area (Å²) in [5.74, 6) is 0.280. The van der Waals surface area contributed by atoms with Crippen molar-refractivity contribution in [3.8, 4) is 22.1 Å². The average molecular weight is 383 g/mol. The lowest BCUT2D eigenvalue weighted by Crippen LogP contribution is -1.99.